The Bertz CT molecular complexity index is 671. The van der Waals surface area contributed by atoms with E-state index in [-0.39, 0.29) is 30.1 Å². The van der Waals surface area contributed by atoms with E-state index < -0.39 is 0 Å². The van der Waals surface area contributed by atoms with E-state index in [4.69, 9.17) is 4.74 Å². The Labute approximate surface area is 200 Å². The average molecular weight is 530 g/mol. The lowest BCUT2D eigenvalue weighted by atomic mass is 10.0. The first-order valence-electron chi connectivity index (χ1n) is 10.8. The fourth-order valence-electron chi connectivity index (χ4n) is 3.73. The van der Waals surface area contributed by atoms with Crippen molar-refractivity contribution >= 4 is 29.9 Å². The Balaban J connectivity index is 0.00000450. The third kappa shape index (κ3) is 10.1. The highest BCUT2D eigenvalue weighted by Crippen LogP contribution is 2.15. The van der Waals surface area contributed by atoms with Crippen molar-refractivity contribution in [1.29, 1.82) is 0 Å². The van der Waals surface area contributed by atoms with Gasteiger partial charge in [0, 0.05) is 51.5 Å². The van der Waals surface area contributed by atoms with Crippen LogP contribution in [0.5, 0.6) is 5.88 Å². The van der Waals surface area contributed by atoms with E-state index in [1.165, 1.54) is 5.57 Å². The first-order valence-corrected chi connectivity index (χ1v) is 10.8. The fourth-order valence-corrected chi connectivity index (χ4v) is 3.73. The van der Waals surface area contributed by atoms with E-state index in [1.807, 2.05) is 25.4 Å². The Hall–Kier alpha value is -1.35. The lowest BCUT2D eigenvalue weighted by molar-refractivity contribution is 0.185. The molecule has 1 aliphatic heterocycles. The van der Waals surface area contributed by atoms with E-state index >= 15 is 0 Å². The molecule has 1 unspecified atom stereocenters. The van der Waals surface area contributed by atoms with Crippen LogP contribution < -0.4 is 15.4 Å². The minimum Gasteiger partial charge on any atom is -0.475 e. The second-order valence-electron chi connectivity index (χ2n) is 8.64. The highest BCUT2D eigenvalue weighted by atomic mass is 127. The van der Waals surface area contributed by atoms with Gasteiger partial charge in [0.15, 0.2) is 5.96 Å². The van der Waals surface area contributed by atoms with Gasteiger partial charge in [0.1, 0.15) is 0 Å². The van der Waals surface area contributed by atoms with Crippen molar-refractivity contribution < 1.29 is 4.74 Å². The number of rotatable bonds is 9. The molecule has 1 atom stereocenters. The molecule has 0 aliphatic carbocycles. The number of aliphatic imine (C=N–C) groups is 1. The lowest BCUT2D eigenvalue weighted by Gasteiger charge is -2.33. The molecule has 2 heterocycles. The van der Waals surface area contributed by atoms with Gasteiger partial charge in [0.2, 0.25) is 5.88 Å². The van der Waals surface area contributed by atoms with Gasteiger partial charge in [0.25, 0.3) is 0 Å². The number of hydrogen-bond donors (Lipinski definition) is 2. The molecule has 1 saturated heterocycles. The normalized spacial score (nSPS) is 16.7. The van der Waals surface area contributed by atoms with Crippen molar-refractivity contribution in [2.45, 2.75) is 65.6 Å². The number of halogens is 1. The van der Waals surface area contributed by atoms with Crippen molar-refractivity contribution in [3.05, 3.63) is 36.0 Å². The predicted molar refractivity (Wildman–Crippen MR) is 137 cm³/mol. The maximum atomic E-state index is 5.96. The molecule has 0 amide bonds. The van der Waals surface area contributed by atoms with Crippen LogP contribution in [0.3, 0.4) is 0 Å². The summed E-state index contributed by atoms with van der Waals surface area (Å²) in [6.45, 7) is 16.5. The number of nitrogens with zero attached hydrogens (tertiary/aromatic N) is 3. The van der Waals surface area contributed by atoms with Gasteiger partial charge < -0.3 is 15.4 Å². The van der Waals surface area contributed by atoms with Crippen LogP contribution in [-0.4, -0.2) is 54.7 Å². The zero-order chi connectivity index (χ0) is 21.2. The Morgan fingerprint density at radius 2 is 2.03 bits per heavy atom. The summed E-state index contributed by atoms with van der Waals surface area (Å²) in [5.74, 6) is 2.14. The molecule has 0 bridgehead atoms. The van der Waals surface area contributed by atoms with Crippen LogP contribution in [0.1, 0.15) is 52.5 Å². The van der Waals surface area contributed by atoms with Crippen LogP contribution in [0.25, 0.3) is 0 Å². The first kappa shape index (κ1) is 26.7. The molecule has 7 heteroatoms. The molecule has 0 saturated carbocycles. The average Bonchev–Trinajstić information content (AvgIpc) is 2.65. The molecule has 0 radical (unpaired) electrons. The van der Waals surface area contributed by atoms with Crippen LogP contribution in [-0.2, 0) is 6.54 Å². The molecule has 0 spiro atoms. The van der Waals surface area contributed by atoms with Gasteiger partial charge >= 0.3 is 0 Å². The summed E-state index contributed by atoms with van der Waals surface area (Å²) >= 11 is 0. The number of guanidine groups is 1. The van der Waals surface area contributed by atoms with E-state index in [9.17, 15) is 0 Å². The molecule has 6 nitrogen and oxygen atoms in total. The molecule has 2 rings (SSSR count). The standard InChI is InChI=1S/C23H39N5O.HI/c1-17(2)13-19(5)29-22-14-20(7-10-25-22)15-26-23(24-6)27-21-8-11-28(12-9-21)16-18(3)4;/h7,10,14,17,19,21H,3,8-9,11-13,15-16H2,1-2,4-6H3,(H2,24,26,27);1H. The van der Waals surface area contributed by atoms with Crippen LogP contribution in [0.2, 0.25) is 0 Å². The van der Waals surface area contributed by atoms with Gasteiger partial charge in [0.05, 0.1) is 6.10 Å². The van der Waals surface area contributed by atoms with Gasteiger partial charge in [-0.05, 0) is 50.7 Å². The first-order chi connectivity index (χ1) is 13.9. The summed E-state index contributed by atoms with van der Waals surface area (Å²) in [5.41, 5.74) is 2.36. The van der Waals surface area contributed by atoms with E-state index in [1.54, 1.807) is 0 Å². The molecular formula is C23H40IN5O. The minimum absolute atomic E-state index is 0. The van der Waals surface area contributed by atoms with E-state index in [2.05, 4.69) is 59.8 Å². The zero-order valence-electron chi connectivity index (χ0n) is 19.3. The summed E-state index contributed by atoms with van der Waals surface area (Å²) in [5, 5.41) is 6.98. The zero-order valence-corrected chi connectivity index (χ0v) is 21.6. The van der Waals surface area contributed by atoms with Gasteiger partial charge in [-0.25, -0.2) is 4.98 Å². The Morgan fingerprint density at radius 3 is 2.63 bits per heavy atom. The second-order valence-corrected chi connectivity index (χ2v) is 8.64. The maximum absolute atomic E-state index is 5.96. The Kier molecular flexibility index (Phi) is 12.3. The summed E-state index contributed by atoms with van der Waals surface area (Å²) in [4.78, 5) is 11.2. The molecule has 1 aliphatic rings. The van der Waals surface area contributed by atoms with Crippen LogP contribution in [0.15, 0.2) is 35.5 Å². The number of aromatic nitrogens is 1. The third-order valence-corrected chi connectivity index (χ3v) is 5.03. The molecule has 170 valence electrons. The summed E-state index contributed by atoms with van der Waals surface area (Å²) < 4.78 is 5.96. The van der Waals surface area contributed by atoms with Crippen molar-refractivity contribution in [2.24, 2.45) is 10.9 Å². The summed E-state index contributed by atoms with van der Waals surface area (Å²) in [6, 6.07) is 4.47. The van der Waals surface area contributed by atoms with E-state index in [0.29, 0.717) is 24.4 Å². The van der Waals surface area contributed by atoms with Gasteiger partial charge in [-0.2, -0.15) is 0 Å². The SMILES string of the molecule is C=C(C)CN1CCC(NC(=NC)NCc2ccnc(OC(C)CC(C)C)c2)CC1.I. The Morgan fingerprint density at radius 1 is 1.33 bits per heavy atom. The molecular weight excluding hydrogens is 489 g/mol. The van der Waals surface area contributed by atoms with Crippen LogP contribution in [0.4, 0.5) is 0 Å². The maximum Gasteiger partial charge on any atom is 0.213 e. The van der Waals surface area contributed by atoms with Gasteiger partial charge in [-0.1, -0.05) is 26.0 Å². The van der Waals surface area contributed by atoms with Crippen LogP contribution >= 0.6 is 24.0 Å². The van der Waals surface area contributed by atoms with Crippen molar-refractivity contribution in [3.63, 3.8) is 0 Å². The van der Waals surface area contributed by atoms with E-state index in [0.717, 1.165) is 50.4 Å². The lowest BCUT2D eigenvalue weighted by Crippen LogP contribution is -2.48. The number of hydrogen-bond acceptors (Lipinski definition) is 4. The quantitative estimate of drug-likeness (QED) is 0.217. The van der Waals surface area contributed by atoms with Crippen molar-refractivity contribution in [2.75, 3.05) is 26.7 Å². The smallest absolute Gasteiger partial charge is 0.213 e. The van der Waals surface area contributed by atoms with Gasteiger partial charge in [-0.3, -0.25) is 9.89 Å². The van der Waals surface area contributed by atoms with Crippen molar-refractivity contribution in [1.82, 2.24) is 20.5 Å². The second kappa shape index (κ2) is 13.9. The number of nitrogens with one attached hydrogen (secondary N) is 2. The van der Waals surface area contributed by atoms with Crippen LogP contribution in [0, 0.1) is 5.92 Å². The summed E-state index contributed by atoms with van der Waals surface area (Å²) in [7, 11) is 1.82. The van der Waals surface area contributed by atoms with Crippen molar-refractivity contribution in [3.8, 4) is 5.88 Å². The number of piperidine rings is 1. The molecule has 30 heavy (non-hydrogen) atoms. The fraction of sp³-hybridized carbons (Fsp3) is 0.652. The largest absolute Gasteiger partial charge is 0.475 e. The monoisotopic (exact) mass is 529 g/mol. The third-order valence-electron chi connectivity index (χ3n) is 5.03. The highest BCUT2D eigenvalue weighted by molar-refractivity contribution is 14.0. The molecule has 0 aromatic carbocycles. The summed E-state index contributed by atoms with van der Waals surface area (Å²) in [6.07, 6.45) is 5.23. The highest BCUT2D eigenvalue weighted by Gasteiger charge is 2.19. The number of pyridine rings is 1. The van der Waals surface area contributed by atoms with Gasteiger partial charge in [-0.15, -0.1) is 24.0 Å². The molecule has 2 N–H and O–H groups in total. The molecule has 1 fully saturated rings. The topological polar surface area (TPSA) is 61.8 Å². The molecule has 1 aromatic rings. The number of likely N-dealkylation sites (tertiary alicyclic amines) is 1. The minimum atomic E-state index is 0. The predicted octanol–water partition coefficient (Wildman–Crippen LogP) is 4.22. The number of ether oxygens (including phenoxy) is 1. The molecule has 1 aromatic heterocycles.